The molecule has 0 atom stereocenters. The highest BCUT2D eigenvalue weighted by Crippen LogP contribution is 2.33. The maximum Gasteiger partial charge on any atom is 0.270 e. The largest absolute Gasteiger partial charge is 0.360 e. The lowest BCUT2D eigenvalue weighted by molar-refractivity contribution is -0.384. The number of rotatable bonds is 5. The van der Waals surface area contributed by atoms with Crippen molar-refractivity contribution in [1.29, 1.82) is 0 Å². The maximum atomic E-state index is 14.2. The summed E-state index contributed by atoms with van der Waals surface area (Å²) >= 11 is 6.12. The Labute approximate surface area is 158 Å². The van der Waals surface area contributed by atoms with Crippen LogP contribution in [-0.2, 0) is 6.54 Å². The van der Waals surface area contributed by atoms with Crippen molar-refractivity contribution in [2.45, 2.75) is 25.4 Å². The fourth-order valence-electron chi connectivity index (χ4n) is 3.16. The number of non-ortho nitro benzene ring substituents is 1. The molecule has 1 heterocycles. The Kier molecular flexibility index (Phi) is 4.31. The van der Waals surface area contributed by atoms with Crippen LogP contribution in [0.3, 0.4) is 0 Å². The quantitative estimate of drug-likeness (QED) is 0.510. The molecule has 0 unspecified atom stereocenters. The molecule has 0 aliphatic heterocycles. The molecule has 1 aliphatic carbocycles. The number of halogens is 2. The van der Waals surface area contributed by atoms with Crippen LogP contribution in [0.25, 0.3) is 10.9 Å². The molecule has 0 radical (unpaired) electrons. The number of hydrogen-bond donors (Lipinski definition) is 1. The summed E-state index contributed by atoms with van der Waals surface area (Å²) in [6.07, 6.45) is 3.20. The van der Waals surface area contributed by atoms with Crippen LogP contribution in [0.5, 0.6) is 0 Å². The molecule has 8 heteroatoms. The van der Waals surface area contributed by atoms with Crippen molar-refractivity contribution in [2.75, 3.05) is 0 Å². The zero-order valence-electron chi connectivity index (χ0n) is 14.1. The van der Waals surface area contributed by atoms with Crippen LogP contribution in [0.2, 0.25) is 5.02 Å². The van der Waals surface area contributed by atoms with E-state index in [1.165, 1.54) is 30.5 Å². The fourth-order valence-corrected chi connectivity index (χ4v) is 3.38. The monoisotopic (exact) mass is 387 g/mol. The number of hydrogen-bond acceptors (Lipinski definition) is 3. The summed E-state index contributed by atoms with van der Waals surface area (Å²) in [5, 5.41) is 11.8. The highest BCUT2D eigenvalue weighted by molar-refractivity contribution is 6.31. The van der Waals surface area contributed by atoms with Gasteiger partial charge in [0.2, 0.25) is 0 Å². The molecule has 1 amide bonds. The second-order valence-electron chi connectivity index (χ2n) is 6.55. The minimum Gasteiger partial charge on any atom is -0.360 e. The number of aromatic amines is 1. The number of carbonyl (C=O) groups is 1. The van der Waals surface area contributed by atoms with Crippen LogP contribution < -0.4 is 0 Å². The van der Waals surface area contributed by atoms with Crippen molar-refractivity contribution in [3.8, 4) is 0 Å². The summed E-state index contributed by atoms with van der Waals surface area (Å²) in [5.74, 6) is -0.765. The van der Waals surface area contributed by atoms with E-state index in [4.69, 9.17) is 11.6 Å². The van der Waals surface area contributed by atoms with Crippen LogP contribution in [0.15, 0.2) is 42.6 Å². The molecule has 6 nitrogen and oxygen atoms in total. The molecule has 4 rings (SSSR count). The number of amides is 1. The molecule has 138 valence electrons. The van der Waals surface area contributed by atoms with Crippen molar-refractivity contribution in [3.63, 3.8) is 0 Å². The minimum atomic E-state index is -0.502. The van der Waals surface area contributed by atoms with Crippen LogP contribution in [0.1, 0.15) is 28.8 Å². The average Bonchev–Trinajstić information content (AvgIpc) is 3.39. The molecule has 0 saturated heterocycles. The zero-order chi connectivity index (χ0) is 19.1. The van der Waals surface area contributed by atoms with Gasteiger partial charge in [-0.2, -0.15) is 0 Å². The van der Waals surface area contributed by atoms with Gasteiger partial charge in [0.05, 0.1) is 17.0 Å². The first kappa shape index (κ1) is 17.5. The molecule has 3 aromatic rings. The van der Waals surface area contributed by atoms with Crippen LogP contribution in [0, 0.1) is 15.9 Å². The smallest absolute Gasteiger partial charge is 0.270 e. The Morgan fingerprint density at radius 3 is 2.78 bits per heavy atom. The number of carbonyl (C=O) groups excluding carboxylic acids is 1. The van der Waals surface area contributed by atoms with Gasteiger partial charge in [-0.05, 0) is 31.0 Å². The van der Waals surface area contributed by atoms with E-state index in [0.29, 0.717) is 16.5 Å². The Morgan fingerprint density at radius 1 is 1.33 bits per heavy atom. The second kappa shape index (κ2) is 6.66. The molecule has 27 heavy (non-hydrogen) atoms. The number of fused-ring (bicyclic) bond motifs is 1. The minimum absolute atomic E-state index is 0.0109. The number of H-pyrrole nitrogens is 1. The summed E-state index contributed by atoms with van der Waals surface area (Å²) in [5.41, 5.74) is 1.13. The molecule has 1 fully saturated rings. The van der Waals surface area contributed by atoms with Crippen LogP contribution >= 0.6 is 11.6 Å². The number of nitrogens with one attached hydrogen (secondary N) is 1. The van der Waals surface area contributed by atoms with Gasteiger partial charge < -0.3 is 9.88 Å². The van der Waals surface area contributed by atoms with Gasteiger partial charge in [0.1, 0.15) is 5.82 Å². The van der Waals surface area contributed by atoms with Gasteiger partial charge in [0.15, 0.2) is 0 Å². The Bertz CT molecular complexity index is 1040. The van der Waals surface area contributed by atoms with E-state index in [-0.39, 0.29) is 34.8 Å². The van der Waals surface area contributed by atoms with E-state index in [9.17, 15) is 19.3 Å². The third-order valence-corrected chi connectivity index (χ3v) is 5.10. The van der Waals surface area contributed by atoms with Crippen LogP contribution in [0.4, 0.5) is 10.1 Å². The number of nitrogens with zero attached hydrogens (tertiary/aromatic N) is 2. The van der Waals surface area contributed by atoms with Crippen molar-refractivity contribution >= 4 is 34.1 Å². The first-order chi connectivity index (χ1) is 13.0. The average molecular weight is 388 g/mol. The lowest BCUT2D eigenvalue weighted by Crippen LogP contribution is -2.33. The number of nitro groups is 1. The van der Waals surface area contributed by atoms with E-state index < -0.39 is 10.7 Å². The van der Waals surface area contributed by atoms with Crippen molar-refractivity contribution in [3.05, 3.63) is 74.7 Å². The highest BCUT2D eigenvalue weighted by Gasteiger charge is 2.35. The summed E-state index contributed by atoms with van der Waals surface area (Å²) in [7, 11) is 0. The van der Waals surface area contributed by atoms with Crippen molar-refractivity contribution in [1.82, 2.24) is 9.88 Å². The highest BCUT2D eigenvalue weighted by atomic mass is 35.5. The summed E-state index contributed by atoms with van der Waals surface area (Å²) < 4.78 is 14.2. The maximum absolute atomic E-state index is 14.2. The van der Waals surface area contributed by atoms with E-state index in [0.717, 1.165) is 12.8 Å². The topological polar surface area (TPSA) is 79.2 Å². The van der Waals surface area contributed by atoms with Crippen molar-refractivity contribution < 1.29 is 14.1 Å². The SMILES string of the molecule is O=C(c1c[nH]c2ccc([N+](=O)[O-])cc12)N(Cc1c(F)cccc1Cl)C1CC1. The molecule has 0 bridgehead atoms. The molecule has 1 aliphatic rings. The van der Waals surface area contributed by atoms with E-state index >= 15 is 0 Å². The molecule has 0 spiro atoms. The van der Waals surface area contributed by atoms with Gasteiger partial charge in [-0.25, -0.2) is 4.39 Å². The first-order valence-electron chi connectivity index (χ1n) is 8.45. The molecular formula is C19H15ClFN3O3. The lowest BCUT2D eigenvalue weighted by Gasteiger charge is -2.23. The molecule has 2 aromatic carbocycles. The summed E-state index contributed by atoms with van der Waals surface area (Å²) in [6, 6.07) is 8.75. The van der Waals surface area contributed by atoms with E-state index in [1.807, 2.05) is 0 Å². The Morgan fingerprint density at radius 2 is 2.11 bits per heavy atom. The zero-order valence-corrected chi connectivity index (χ0v) is 14.9. The first-order valence-corrected chi connectivity index (χ1v) is 8.83. The van der Waals surface area contributed by atoms with Crippen LogP contribution in [-0.4, -0.2) is 26.8 Å². The molecule has 1 aromatic heterocycles. The van der Waals surface area contributed by atoms with Gasteiger partial charge >= 0.3 is 0 Å². The Hall–Kier alpha value is -2.93. The van der Waals surface area contributed by atoms with Crippen molar-refractivity contribution in [2.24, 2.45) is 0 Å². The predicted molar refractivity (Wildman–Crippen MR) is 99.3 cm³/mol. The van der Waals surface area contributed by atoms with Gasteiger partial charge in [-0.3, -0.25) is 14.9 Å². The Balaban J connectivity index is 1.72. The second-order valence-corrected chi connectivity index (χ2v) is 6.96. The van der Waals surface area contributed by atoms with Gasteiger partial charge in [0.25, 0.3) is 11.6 Å². The molecule has 1 saturated carbocycles. The lowest BCUT2D eigenvalue weighted by atomic mass is 10.1. The third-order valence-electron chi connectivity index (χ3n) is 4.75. The normalized spacial score (nSPS) is 13.7. The summed E-state index contributed by atoms with van der Waals surface area (Å²) in [6.45, 7) is 0.0522. The molecular weight excluding hydrogens is 373 g/mol. The van der Waals surface area contributed by atoms with Gasteiger partial charge in [-0.15, -0.1) is 0 Å². The van der Waals surface area contributed by atoms with E-state index in [1.54, 1.807) is 17.0 Å². The third kappa shape index (κ3) is 3.26. The van der Waals surface area contributed by atoms with Gasteiger partial charge in [0, 0.05) is 45.9 Å². The standard InChI is InChI=1S/C19H15ClFN3O3/c20-16-2-1-3-17(21)15(16)10-23(11-4-5-11)19(25)14-9-22-18-7-6-12(24(26)27)8-13(14)18/h1-3,6-9,11,22H,4-5,10H2. The number of benzene rings is 2. The molecule has 1 N–H and O–H groups in total. The van der Waals surface area contributed by atoms with Gasteiger partial charge in [-0.1, -0.05) is 17.7 Å². The van der Waals surface area contributed by atoms with E-state index in [2.05, 4.69) is 4.98 Å². The number of aromatic nitrogens is 1. The fraction of sp³-hybridized carbons (Fsp3) is 0.211. The summed E-state index contributed by atoms with van der Waals surface area (Å²) in [4.78, 5) is 28.3. The number of nitro benzene ring substituents is 1. The predicted octanol–water partition coefficient (Wildman–Crippen LogP) is 4.67.